The molecule has 1 aromatic rings. The zero-order valence-electron chi connectivity index (χ0n) is 11.0. The van der Waals surface area contributed by atoms with E-state index in [1.54, 1.807) is 0 Å². The van der Waals surface area contributed by atoms with E-state index < -0.39 is 0 Å². The average Bonchev–Trinajstić information content (AvgIpc) is 2.29. The Bertz CT molecular complexity index is 356. The summed E-state index contributed by atoms with van der Waals surface area (Å²) in [5, 5.41) is 3.34. The molecule has 0 spiro atoms. The molecule has 0 bridgehead atoms. The van der Waals surface area contributed by atoms with Gasteiger partial charge in [-0.3, -0.25) is 0 Å². The van der Waals surface area contributed by atoms with Crippen molar-refractivity contribution in [2.45, 2.75) is 19.9 Å². The predicted molar refractivity (Wildman–Crippen MR) is 72.7 cm³/mol. The average molecular weight is 234 g/mol. The molecule has 0 atom stereocenters. The van der Waals surface area contributed by atoms with Crippen molar-refractivity contribution in [1.29, 1.82) is 0 Å². The smallest absolute Gasteiger partial charge is 0.128 e. The van der Waals surface area contributed by atoms with E-state index in [9.17, 15) is 0 Å². The number of nitrogens with one attached hydrogen (secondary N) is 1. The molecule has 1 aliphatic heterocycles. The zero-order valence-corrected chi connectivity index (χ0v) is 11.0. The third-order valence-electron chi connectivity index (χ3n) is 3.05. The van der Waals surface area contributed by atoms with Crippen molar-refractivity contribution in [3.8, 4) is 0 Å². The van der Waals surface area contributed by atoms with Gasteiger partial charge in [0.25, 0.3) is 0 Å². The molecule has 0 saturated carbocycles. The van der Waals surface area contributed by atoms with E-state index in [2.05, 4.69) is 53.1 Å². The largest absolute Gasteiger partial charge is 0.369 e. The van der Waals surface area contributed by atoms with Gasteiger partial charge in [-0.1, -0.05) is 0 Å². The second kappa shape index (κ2) is 5.36. The molecule has 17 heavy (non-hydrogen) atoms. The van der Waals surface area contributed by atoms with E-state index >= 15 is 0 Å². The molecule has 1 aromatic heterocycles. The molecule has 4 heteroatoms. The normalized spacial score (nSPS) is 17.5. The Labute approximate surface area is 104 Å². The summed E-state index contributed by atoms with van der Waals surface area (Å²) in [5.74, 6) is 0.969. The minimum atomic E-state index is 0.422. The van der Waals surface area contributed by atoms with Gasteiger partial charge >= 0.3 is 0 Å². The number of rotatable bonds is 3. The fourth-order valence-electron chi connectivity index (χ4n) is 2.06. The molecule has 0 unspecified atom stereocenters. The van der Waals surface area contributed by atoms with Gasteiger partial charge in [0.1, 0.15) is 5.82 Å². The summed E-state index contributed by atoms with van der Waals surface area (Å²) in [7, 11) is 2.18. The summed E-state index contributed by atoms with van der Waals surface area (Å²) in [4.78, 5) is 9.13. The summed E-state index contributed by atoms with van der Waals surface area (Å²) < 4.78 is 0. The van der Waals surface area contributed by atoms with E-state index in [-0.39, 0.29) is 0 Å². The molecule has 4 nitrogen and oxygen atoms in total. The van der Waals surface area contributed by atoms with Crippen LogP contribution >= 0.6 is 0 Å². The van der Waals surface area contributed by atoms with Crippen molar-refractivity contribution in [2.75, 3.05) is 43.4 Å². The van der Waals surface area contributed by atoms with Gasteiger partial charge in [-0.05, 0) is 27.0 Å². The van der Waals surface area contributed by atoms with Crippen LogP contribution < -0.4 is 10.2 Å². The SMILES string of the molecule is CC(C)Nc1cc(N2CCN(C)CC2)ccn1. The lowest BCUT2D eigenvalue weighted by Gasteiger charge is -2.34. The first-order valence-corrected chi connectivity index (χ1v) is 6.31. The highest BCUT2D eigenvalue weighted by Gasteiger charge is 2.14. The molecular weight excluding hydrogens is 212 g/mol. The standard InChI is InChI=1S/C13H22N4/c1-11(2)15-13-10-12(4-5-14-13)17-8-6-16(3)7-9-17/h4-5,10-11H,6-9H2,1-3H3,(H,14,15). The second-order valence-electron chi connectivity index (χ2n) is 4.99. The Hall–Kier alpha value is -1.29. The second-order valence-corrected chi connectivity index (χ2v) is 4.99. The van der Waals surface area contributed by atoms with E-state index in [1.807, 2.05) is 6.20 Å². The van der Waals surface area contributed by atoms with Gasteiger partial charge < -0.3 is 15.1 Å². The number of nitrogens with zero attached hydrogens (tertiary/aromatic N) is 3. The van der Waals surface area contributed by atoms with Gasteiger partial charge in [0.2, 0.25) is 0 Å². The molecule has 1 aliphatic rings. The van der Waals surface area contributed by atoms with Crippen LogP contribution in [0.2, 0.25) is 0 Å². The van der Waals surface area contributed by atoms with Crippen LogP contribution in [0, 0.1) is 0 Å². The van der Waals surface area contributed by atoms with E-state index in [0.29, 0.717) is 6.04 Å². The highest BCUT2D eigenvalue weighted by molar-refractivity contribution is 5.54. The van der Waals surface area contributed by atoms with Crippen LogP contribution in [-0.4, -0.2) is 49.2 Å². The van der Waals surface area contributed by atoms with Gasteiger partial charge in [0.15, 0.2) is 0 Å². The summed E-state index contributed by atoms with van der Waals surface area (Å²) in [6.45, 7) is 8.72. The van der Waals surface area contributed by atoms with Gasteiger partial charge in [-0.25, -0.2) is 4.98 Å². The van der Waals surface area contributed by atoms with Crippen LogP contribution in [0.25, 0.3) is 0 Å². The maximum Gasteiger partial charge on any atom is 0.128 e. The van der Waals surface area contributed by atoms with E-state index in [4.69, 9.17) is 0 Å². The van der Waals surface area contributed by atoms with Crippen LogP contribution in [0.3, 0.4) is 0 Å². The van der Waals surface area contributed by atoms with Gasteiger partial charge in [0.05, 0.1) is 0 Å². The summed E-state index contributed by atoms with van der Waals surface area (Å²) in [6, 6.07) is 4.66. The summed E-state index contributed by atoms with van der Waals surface area (Å²) in [5.41, 5.74) is 1.27. The Morgan fingerprint density at radius 1 is 1.24 bits per heavy atom. The van der Waals surface area contributed by atoms with Crippen LogP contribution in [-0.2, 0) is 0 Å². The number of pyridine rings is 1. The highest BCUT2D eigenvalue weighted by Crippen LogP contribution is 2.19. The first-order chi connectivity index (χ1) is 8.15. The minimum absolute atomic E-state index is 0.422. The number of anilines is 2. The molecular formula is C13H22N4. The summed E-state index contributed by atoms with van der Waals surface area (Å²) >= 11 is 0. The van der Waals surface area contributed by atoms with Crippen LogP contribution in [0.15, 0.2) is 18.3 Å². The molecule has 0 radical (unpaired) electrons. The van der Waals surface area contributed by atoms with Crippen molar-refractivity contribution in [3.63, 3.8) is 0 Å². The minimum Gasteiger partial charge on any atom is -0.369 e. The number of aromatic nitrogens is 1. The Morgan fingerprint density at radius 2 is 1.94 bits per heavy atom. The van der Waals surface area contributed by atoms with Crippen LogP contribution in [0.5, 0.6) is 0 Å². The fraction of sp³-hybridized carbons (Fsp3) is 0.615. The number of piperazine rings is 1. The van der Waals surface area contributed by atoms with E-state index in [1.165, 1.54) is 5.69 Å². The molecule has 2 heterocycles. The number of hydrogen-bond acceptors (Lipinski definition) is 4. The Balaban J connectivity index is 2.05. The van der Waals surface area contributed by atoms with Crippen LogP contribution in [0.1, 0.15) is 13.8 Å². The van der Waals surface area contributed by atoms with Gasteiger partial charge in [-0.2, -0.15) is 0 Å². The molecule has 0 aliphatic carbocycles. The van der Waals surface area contributed by atoms with Crippen molar-refractivity contribution in [1.82, 2.24) is 9.88 Å². The lowest BCUT2D eigenvalue weighted by Crippen LogP contribution is -2.44. The number of likely N-dealkylation sites (N-methyl/N-ethyl adjacent to an activating group) is 1. The van der Waals surface area contributed by atoms with Crippen molar-refractivity contribution in [2.24, 2.45) is 0 Å². The molecule has 2 rings (SSSR count). The molecule has 1 N–H and O–H groups in total. The van der Waals surface area contributed by atoms with E-state index in [0.717, 1.165) is 32.0 Å². The lowest BCUT2D eigenvalue weighted by atomic mass is 10.2. The summed E-state index contributed by atoms with van der Waals surface area (Å²) in [6.07, 6.45) is 1.89. The topological polar surface area (TPSA) is 31.4 Å². The molecule has 1 saturated heterocycles. The third-order valence-corrected chi connectivity index (χ3v) is 3.05. The monoisotopic (exact) mass is 234 g/mol. The highest BCUT2D eigenvalue weighted by atomic mass is 15.2. The first-order valence-electron chi connectivity index (χ1n) is 6.31. The predicted octanol–water partition coefficient (Wildman–Crippen LogP) is 1.65. The zero-order chi connectivity index (χ0) is 12.3. The molecule has 94 valence electrons. The van der Waals surface area contributed by atoms with Crippen molar-refractivity contribution in [3.05, 3.63) is 18.3 Å². The number of hydrogen-bond donors (Lipinski definition) is 1. The molecule has 0 amide bonds. The maximum absolute atomic E-state index is 4.34. The molecule has 1 fully saturated rings. The molecule has 0 aromatic carbocycles. The van der Waals surface area contributed by atoms with Crippen molar-refractivity contribution >= 4 is 11.5 Å². The third kappa shape index (κ3) is 3.33. The van der Waals surface area contributed by atoms with Crippen molar-refractivity contribution < 1.29 is 0 Å². The quantitative estimate of drug-likeness (QED) is 0.862. The van der Waals surface area contributed by atoms with Crippen LogP contribution in [0.4, 0.5) is 11.5 Å². The Kier molecular flexibility index (Phi) is 3.84. The van der Waals surface area contributed by atoms with Gasteiger partial charge in [-0.15, -0.1) is 0 Å². The lowest BCUT2D eigenvalue weighted by molar-refractivity contribution is 0.313. The first kappa shape index (κ1) is 12.2. The Morgan fingerprint density at radius 3 is 2.59 bits per heavy atom. The fourth-order valence-corrected chi connectivity index (χ4v) is 2.06. The maximum atomic E-state index is 4.34. The van der Waals surface area contributed by atoms with Gasteiger partial charge in [0, 0.05) is 50.2 Å².